The zero-order valence-corrected chi connectivity index (χ0v) is 20.6. The lowest BCUT2D eigenvalue weighted by atomic mass is 9.90. The van der Waals surface area contributed by atoms with Crippen molar-refractivity contribution < 1.29 is 19.0 Å². The summed E-state index contributed by atoms with van der Waals surface area (Å²) >= 11 is 0. The highest BCUT2D eigenvalue weighted by molar-refractivity contribution is 5.92. The molecule has 0 spiro atoms. The van der Waals surface area contributed by atoms with Gasteiger partial charge in [-0.25, -0.2) is 9.18 Å². The second kappa shape index (κ2) is 10.0. The summed E-state index contributed by atoms with van der Waals surface area (Å²) in [5.74, 6) is -0.798. The summed E-state index contributed by atoms with van der Waals surface area (Å²) in [4.78, 5) is 13.8. The van der Waals surface area contributed by atoms with E-state index in [1.54, 1.807) is 13.0 Å². The third-order valence-electron chi connectivity index (χ3n) is 7.24. The Morgan fingerprint density at radius 1 is 1.03 bits per heavy atom. The van der Waals surface area contributed by atoms with Gasteiger partial charge in [0.05, 0.1) is 12.2 Å². The number of hydrogen-bond donors (Lipinski definition) is 1. The molecule has 0 saturated carbocycles. The van der Waals surface area contributed by atoms with E-state index in [9.17, 15) is 14.3 Å². The Bertz CT molecular complexity index is 1410. The van der Waals surface area contributed by atoms with E-state index in [0.29, 0.717) is 23.7 Å². The average Bonchev–Trinajstić information content (AvgIpc) is 2.88. The van der Waals surface area contributed by atoms with Crippen LogP contribution in [0.2, 0.25) is 0 Å². The molecule has 5 heteroatoms. The summed E-state index contributed by atoms with van der Waals surface area (Å²) in [6, 6.07) is 25.7. The van der Waals surface area contributed by atoms with Crippen molar-refractivity contribution in [3.63, 3.8) is 0 Å². The predicted molar refractivity (Wildman–Crippen MR) is 142 cm³/mol. The monoisotopic (exact) mass is 483 g/mol. The first-order chi connectivity index (χ1) is 17.4. The summed E-state index contributed by atoms with van der Waals surface area (Å²) in [5, 5.41) is 12.1. The number of hydrogen-bond acceptors (Lipinski definition) is 3. The van der Waals surface area contributed by atoms with Crippen LogP contribution in [0.3, 0.4) is 0 Å². The number of benzene rings is 4. The van der Waals surface area contributed by atoms with Gasteiger partial charge < -0.3 is 14.7 Å². The smallest absolute Gasteiger partial charge is 0.339 e. The lowest BCUT2D eigenvalue weighted by molar-refractivity contribution is 0.0691. The summed E-state index contributed by atoms with van der Waals surface area (Å²) < 4.78 is 20.6. The molecule has 1 heterocycles. The van der Waals surface area contributed by atoms with E-state index in [1.165, 1.54) is 22.4 Å². The molecule has 0 saturated heterocycles. The molecule has 0 bridgehead atoms. The standard InChI is InChI=1S/C31H30FNO3/c1-20(24-14-8-11-22-10-3-4-13-25(22)24)9-7-12-23-19-33(28-15-5-6-16-29(28)36-23)27-18-17-26(32)30(21(27)2)31(34)35/h3-6,8,10-11,13-18,20,23H,7,9,12,19H2,1-2H3,(H,34,35)/t20-,23?/m0/s1. The Morgan fingerprint density at radius 3 is 2.61 bits per heavy atom. The minimum Gasteiger partial charge on any atom is -0.486 e. The Labute approximate surface area is 211 Å². The lowest BCUT2D eigenvalue weighted by Crippen LogP contribution is -2.37. The molecule has 1 aliphatic heterocycles. The summed E-state index contributed by atoms with van der Waals surface area (Å²) in [5.41, 5.74) is 3.06. The van der Waals surface area contributed by atoms with E-state index in [1.807, 2.05) is 24.3 Å². The average molecular weight is 484 g/mol. The fourth-order valence-electron chi connectivity index (χ4n) is 5.39. The molecular weight excluding hydrogens is 453 g/mol. The van der Waals surface area contributed by atoms with Gasteiger partial charge >= 0.3 is 5.97 Å². The van der Waals surface area contributed by atoms with Gasteiger partial charge in [-0.2, -0.15) is 0 Å². The van der Waals surface area contributed by atoms with Crippen LogP contribution in [-0.2, 0) is 0 Å². The Hall–Kier alpha value is -3.86. The van der Waals surface area contributed by atoms with Gasteiger partial charge in [0.15, 0.2) is 0 Å². The molecule has 2 atom stereocenters. The minimum absolute atomic E-state index is 0.0580. The van der Waals surface area contributed by atoms with Crippen LogP contribution < -0.4 is 9.64 Å². The maximum atomic E-state index is 14.3. The summed E-state index contributed by atoms with van der Waals surface area (Å²) in [6.07, 6.45) is 2.84. The molecule has 36 heavy (non-hydrogen) atoms. The Balaban J connectivity index is 1.34. The molecule has 0 aromatic heterocycles. The second-order valence-electron chi connectivity index (χ2n) is 9.59. The molecular formula is C31H30FNO3. The van der Waals surface area contributed by atoms with Gasteiger partial charge in [-0.1, -0.05) is 61.5 Å². The Morgan fingerprint density at radius 2 is 1.78 bits per heavy atom. The first-order valence-corrected chi connectivity index (χ1v) is 12.5. The first-order valence-electron chi connectivity index (χ1n) is 12.5. The third kappa shape index (κ3) is 4.53. The van der Waals surface area contributed by atoms with Crippen molar-refractivity contribution in [2.45, 2.75) is 45.1 Å². The number of rotatable bonds is 7. The van der Waals surface area contributed by atoms with Crippen LogP contribution in [0.15, 0.2) is 78.9 Å². The number of halogens is 1. The van der Waals surface area contributed by atoms with Crippen molar-refractivity contribution in [1.29, 1.82) is 0 Å². The quantitative estimate of drug-likeness (QED) is 0.291. The van der Waals surface area contributed by atoms with Crippen LogP contribution in [0.5, 0.6) is 5.75 Å². The fourth-order valence-corrected chi connectivity index (χ4v) is 5.39. The zero-order chi connectivity index (χ0) is 25.2. The van der Waals surface area contributed by atoms with Gasteiger partial charge in [-0.3, -0.25) is 0 Å². The molecule has 4 aromatic carbocycles. The minimum atomic E-state index is -1.26. The van der Waals surface area contributed by atoms with Gasteiger partial charge in [0.25, 0.3) is 0 Å². The Kier molecular flexibility index (Phi) is 6.64. The first kappa shape index (κ1) is 23.9. The van der Waals surface area contributed by atoms with Crippen LogP contribution in [0.4, 0.5) is 15.8 Å². The number of ether oxygens (including phenoxy) is 1. The van der Waals surface area contributed by atoms with E-state index >= 15 is 0 Å². The third-order valence-corrected chi connectivity index (χ3v) is 7.24. The van der Waals surface area contributed by atoms with E-state index in [0.717, 1.165) is 30.7 Å². The molecule has 1 N–H and O–H groups in total. The summed E-state index contributed by atoms with van der Waals surface area (Å²) in [7, 11) is 0. The predicted octanol–water partition coefficient (Wildman–Crippen LogP) is 7.86. The topological polar surface area (TPSA) is 49.8 Å². The second-order valence-corrected chi connectivity index (χ2v) is 9.59. The molecule has 0 radical (unpaired) electrons. The highest BCUT2D eigenvalue weighted by Crippen LogP contribution is 2.41. The molecule has 0 amide bonds. The summed E-state index contributed by atoms with van der Waals surface area (Å²) in [6.45, 7) is 4.52. The van der Waals surface area contributed by atoms with Gasteiger partial charge in [0, 0.05) is 5.69 Å². The maximum Gasteiger partial charge on any atom is 0.339 e. The van der Waals surface area contributed by atoms with Crippen molar-refractivity contribution in [3.05, 3.63) is 101 Å². The van der Waals surface area contributed by atoms with Gasteiger partial charge in [-0.05, 0) is 78.3 Å². The molecule has 0 aliphatic carbocycles. The van der Waals surface area contributed by atoms with Crippen LogP contribution >= 0.6 is 0 Å². The van der Waals surface area contributed by atoms with Crippen LogP contribution in [0.25, 0.3) is 10.8 Å². The largest absolute Gasteiger partial charge is 0.486 e. The molecule has 1 unspecified atom stereocenters. The van der Waals surface area contributed by atoms with Crippen LogP contribution in [-0.4, -0.2) is 23.7 Å². The highest BCUT2D eigenvalue weighted by atomic mass is 19.1. The molecule has 5 rings (SSSR count). The highest BCUT2D eigenvalue weighted by Gasteiger charge is 2.29. The number of anilines is 2. The van der Waals surface area contributed by atoms with Gasteiger partial charge in [-0.15, -0.1) is 0 Å². The number of carboxylic acids is 1. The van der Waals surface area contributed by atoms with E-state index in [4.69, 9.17) is 4.74 Å². The zero-order valence-electron chi connectivity index (χ0n) is 20.6. The molecule has 1 aliphatic rings. The van der Waals surface area contributed by atoms with Gasteiger partial charge in [0.1, 0.15) is 23.2 Å². The number of nitrogens with zero attached hydrogens (tertiary/aromatic N) is 1. The number of carboxylic acid groups (broad SMARTS) is 1. The fraction of sp³-hybridized carbons (Fsp3) is 0.258. The lowest BCUT2D eigenvalue weighted by Gasteiger charge is -2.37. The van der Waals surface area contributed by atoms with Crippen LogP contribution in [0, 0.1) is 12.7 Å². The molecule has 0 fully saturated rings. The molecule has 184 valence electrons. The van der Waals surface area contributed by atoms with E-state index in [-0.39, 0.29) is 11.7 Å². The number of aromatic carboxylic acids is 1. The number of carbonyl (C=O) groups is 1. The SMILES string of the molecule is Cc1c(N2CC(CCC[C@H](C)c3cccc4ccccc34)Oc3ccccc32)ccc(F)c1C(=O)O. The molecule has 4 nitrogen and oxygen atoms in total. The number of para-hydroxylation sites is 2. The van der Waals surface area contributed by atoms with Crippen LogP contribution in [0.1, 0.15) is 53.6 Å². The van der Waals surface area contributed by atoms with Crippen molar-refractivity contribution in [3.8, 4) is 5.75 Å². The number of fused-ring (bicyclic) bond motifs is 2. The van der Waals surface area contributed by atoms with Crippen molar-refractivity contribution in [1.82, 2.24) is 0 Å². The van der Waals surface area contributed by atoms with Crippen molar-refractivity contribution in [2.75, 3.05) is 11.4 Å². The molecule has 4 aromatic rings. The van der Waals surface area contributed by atoms with Crippen molar-refractivity contribution in [2.24, 2.45) is 0 Å². The normalized spacial score (nSPS) is 15.9. The van der Waals surface area contributed by atoms with E-state index in [2.05, 4.69) is 54.3 Å². The maximum absolute atomic E-state index is 14.3. The van der Waals surface area contributed by atoms with Gasteiger partial charge in [0.2, 0.25) is 0 Å². The van der Waals surface area contributed by atoms with E-state index < -0.39 is 11.8 Å². The van der Waals surface area contributed by atoms with Crippen molar-refractivity contribution >= 4 is 28.1 Å².